The number of rotatable bonds is 11. The minimum atomic E-state index is -1.76. The maximum atomic E-state index is 10.2. The fourth-order valence-corrected chi connectivity index (χ4v) is 1.63. The summed E-state index contributed by atoms with van der Waals surface area (Å²) in [6, 6.07) is 0. The summed E-state index contributed by atoms with van der Waals surface area (Å²) < 4.78 is 21.2. The van der Waals surface area contributed by atoms with Gasteiger partial charge in [0.25, 0.3) is 0 Å². The summed E-state index contributed by atoms with van der Waals surface area (Å²) in [5.74, 6) is -0.878. The van der Waals surface area contributed by atoms with E-state index in [1.807, 2.05) is 0 Å². The number of carbonyl (C=O) groups is 1. The van der Waals surface area contributed by atoms with Crippen molar-refractivity contribution in [3.05, 3.63) is 12.2 Å². The first-order valence-electron chi connectivity index (χ1n) is 7.81. The van der Waals surface area contributed by atoms with Crippen LogP contribution < -0.4 is 0 Å². The molecule has 94 valence electrons. The minimum absolute atomic E-state index is 0.336. The number of carboxylic acid groups (broad SMARTS) is 1. The monoisotopic (exact) mass is 229 g/mol. The molecule has 1 N–H and O–H groups in total. The maximum absolute atomic E-state index is 10.2. The molecule has 0 amide bonds. The Balaban J connectivity index is 3.13. The fraction of sp³-hybridized carbons (Fsp3) is 0.786. The number of unbranched alkanes of at least 4 members (excludes halogenated alkanes) is 8. The molecule has 0 rings (SSSR count). The quantitative estimate of drug-likeness (QED) is 0.417. The smallest absolute Gasteiger partial charge is 0.327 e. The standard InChI is InChI=1S/C14H26O2/c1-2-3-4-5-6-7-8-9-10-11-12-13-14(15)16/h12-13H,2-11H2,1H3,(H,15,16)/i1D3. The van der Waals surface area contributed by atoms with E-state index in [1.54, 1.807) is 6.08 Å². The van der Waals surface area contributed by atoms with E-state index in [9.17, 15) is 4.79 Å². The van der Waals surface area contributed by atoms with Crippen molar-refractivity contribution in [2.45, 2.75) is 71.1 Å². The van der Waals surface area contributed by atoms with Gasteiger partial charge in [0.05, 0.1) is 0 Å². The Bertz CT molecular complexity index is 260. The lowest BCUT2D eigenvalue weighted by molar-refractivity contribution is -0.131. The predicted molar refractivity (Wildman–Crippen MR) is 68.6 cm³/mol. The molecule has 0 saturated heterocycles. The molecule has 2 nitrogen and oxygen atoms in total. The summed E-state index contributed by atoms with van der Waals surface area (Å²) in [6.45, 7) is -1.76. The van der Waals surface area contributed by atoms with Crippen molar-refractivity contribution < 1.29 is 14.0 Å². The van der Waals surface area contributed by atoms with Crippen LogP contribution in [0.3, 0.4) is 0 Å². The summed E-state index contributed by atoms with van der Waals surface area (Å²) in [5, 5.41) is 8.39. The SMILES string of the molecule is [2H]C([2H])([2H])CCCCCCCCCCC=CC(=O)O. The first-order valence-corrected chi connectivity index (χ1v) is 6.31. The van der Waals surface area contributed by atoms with Gasteiger partial charge in [-0.05, 0) is 12.8 Å². The zero-order chi connectivity index (χ0) is 14.6. The number of carboxylic acids is 1. The van der Waals surface area contributed by atoms with Gasteiger partial charge in [0.15, 0.2) is 0 Å². The number of allylic oxidation sites excluding steroid dienone is 1. The lowest BCUT2D eigenvalue weighted by atomic mass is 10.1. The van der Waals surface area contributed by atoms with Gasteiger partial charge in [-0.3, -0.25) is 0 Å². The first kappa shape index (κ1) is 10.4. The average molecular weight is 229 g/mol. The minimum Gasteiger partial charge on any atom is -0.478 e. The van der Waals surface area contributed by atoms with E-state index in [0.29, 0.717) is 6.42 Å². The predicted octanol–water partition coefficient (Wildman–Crippen LogP) is 4.55. The van der Waals surface area contributed by atoms with Crippen LogP contribution in [-0.4, -0.2) is 11.1 Å². The van der Waals surface area contributed by atoms with Gasteiger partial charge in [-0.1, -0.05) is 64.3 Å². The van der Waals surface area contributed by atoms with E-state index in [-0.39, 0.29) is 0 Å². The molecule has 0 heterocycles. The lowest BCUT2D eigenvalue weighted by Gasteiger charge is -2.00. The van der Waals surface area contributed by atoms with Crippen LogP contribution in [0.15, 0.2) is 12.2 Å². The Morgan fingerprint density at radius 2 is 1.62 bits per heavy atom. The molecule has 0 atom stereocenters. The Morgan fingerprint density at radius 3 is 2.19 bits per heavy atom. The van der Waals surface area contributed by atoms with Gasteiger partial charge in [-0.15, -0.1) is 0 Å². The van der Waals surface area contributed by atoms with E-state index in [1.165, 1.54) is 25.3 Å². The van der Waals surface area contributed by atoms with Crippen LogP contribution in [-0.2, 0) is 4.79 Å². The average Bonchev–Trinajstić information content (AvgIpc) is 2.28. The third-order valence-electron chi connectivity index (χ3n) is 2.56. The second-order valence-electron chi connectivity index (χ2n) is 4.11. The molecule has 0 aromatic heterocycles. The van der Waals surface area contributed by atoms with E-state index in [4.69, 9.17) is 9.22 Å². The molecule has 0 unspecified atom stereocenters. The molecule has 16 heavy (non-hydrogen) atoms. The highest BCUT2D eigenvalue weighted by atomic mass is 16.4. The van der Waals surface area contributed by atoms with Crippen LogP contribution in [0.25, 0.3) is 0 Å². The van der Waals surface area contributed by atoms with Crippen molar-refractivity contribution in [1.29, 1.82) is 0 Å². The molecule has 0 aromatic carbocycles. The molecule has 0 aromatic rings. The van der Waals surface area contributed by atoms with E-state index < -0.39 is 12.8 Å². The van der Waals surface area contributed by atoms with Crippen molar-refractivity contribution in [1.82, 2.24) is 0 Å². The Labute approximate surface area is 104 Å². The Hall–Kier alpha value is -0.790. The molecule has 0 aliphatic heterocycles. The zero-order valence-electron chi connectivity index (χ0n) is 13.1. The first-order chi connectivity index (χ1) is 8.92. The van der Waals surface area contributed by atoms with E-state index >= 15 is 0 Å². The van der Waals surface area contributed by atoms with Crippen molar-refractivity contribution in [3.8, 4) is 0 Å². The second kappa shape index (κ2) is 12.3. The van der Waals surface area contributed by atoms with Crippen LogP contribution >= 0.6 is 0 Å². The van der Waals surface area contributed by atoms with Gasteiger partial charge in [-0.25, -0.2) is 4.79 Å². The highest BCUT2D eigenvalue weighted by Crippen LogP contribution is 2.10. The summed E-state index contributed by atoms with van der Waals surface area (Å²) in [5.41, 5.74) is 0. The van der Waals surface area contributed by atoms with Crippen molar-refractivity contribution in [2.24, 2.45) is 0 Å². The second-order valence-corrected chi connectivity index (χ2v) is 4.11. The number of aliphatic carboxylic acids is 1. The normalized spacial score (nSPS) is 14.6. The molecule has 0 aliphatic rings. The third-order valence-corrected chi connectivity index (χ3v) is 2.56. The van der Waals surface area contributed by atoms with Crippen molar-refractivity contribution >= 4 is 5.97 Å². The number of hydrogen-bond acceptors (Lipinski definition) is 1. The van der Waals surface area contributed by atoms with Crippen LogP contribution in [0.4, 0.5) is 0 Å². The fourth-order valence-electron chi connectivity index (χ4n) is 1.63. The van der Waals surface area contributed by atoms with Crippen LogP contribution in [0.1, 0.15) is 75.2 Å². The molecule has 0 aliphatic carbocycles. The summed E-state index contributed by atoms with van der Waals surface area (Å²) >= 11 is 0. The molecular weight excluding hydrogens is 200 g/mol. The van der Waals surface area contributed by atoms with Crippen LogP contribution in [0, 0.1) is 0 Å². The number of hydrogen-bond donors (Lipinski definition) is 1. The van der Waals surface area contributed by atoms with Gasteiger partial charge < -0.3 is 5.11 Å². The molecule has 0 fully saturated rings. The van der Waals surface area contributed by atoms with Gasteiger partial charge in [0.2, 0.25) is 0 Å². The van der Waals surface area contributed by atoms with E-state index in [2.05, 4.69) is 0 Å². The lowest BCUT2D eigenvalue weighted by Crippen LogP contribution is -1.85. The van der Waals surface area contributed by atoms with Gasteiger partial charge >= 0.3 is 5.97 Å². The molecule has 0 saturated carbocycles. The van der Waals surface area contributed by atoms with E-state index in [0.717, 1.165) is 38.5 Å². The Morgan fingerprint density at radius 1 is 1.06 bits per heavy atom. The van der Waals surface area contributed by atoms with Crippen molar-refractivity contribution in [3.63, 3.8) is 0 Å². The third kappa shape index (κ3) is 13.2. The largest absolute Gasteiger partial charge is 0.478 e. The molecular formula is C14H26O2. The van der Waals surface area contributed by atoms with Gasteiger partial charge in [0, 0.05) is 10.2 Å². The van der Waals surface area contributed by atoms with Crippen LogP contribution in [0.5, 0.6) is 0 Å². The molecule has 0 spiro atoms. The molecule has 0 bridgehead atoms. The highest BCUT2D eigenvalue weighted by molar-refractivity contribution is 5.79. The maximum Gasteiger partial charge on any atom is 0.327 e. The highest BCUT2D eigenvalue weighted by Gasteiger charge is 1.91. The van der Waals surface area contributed by atoms with Crippen molar-refractivity contribution in [2.75, 3.05) is 0 Å². The van der Waals surface area contributed by atoms with Gasteiger partial charge in [-0.2, -0.15) is 0 Å². The molecule has 0 radical (unpaired) electrons. The zero-order valence-corrected chi connectivity index (χ0v) is 10.1. The van der Waals surface area contributed by atoms with Gasteiger partial charge in [0.1, 0.15) is 0 Å². The van der Waals surface area contributed by atoms with Crippen LogP contribution in [0.2, 0.25) is 0 Å². The summed E-state index contributed by atoms with van der Waals surface area (Å²) in [6.07, 6.45) is 12.7. The molecule has 2 heteroatoms. The Kier molecular flexibility index (Phi) is 7.96. The topological polar surface area (TPSA) is 37.3 Å². The summed E-state index contributed by atoms with van der Waals surface area (Å²) in [7, 11) is 0. The summed E-state index contributed by atoms with van der Waals surface area (Å²) in [4.78, 5) is 10.2.